The Morgan fingerprint density at radius 1 is 1.53 bits per heavy atom. The van der Waals surface area contributed by atoms with E-state index in [1.54, 1.807) is 10.9 Å². The van der Waals surface area contributed by atoms with E-state index >= 15 is 0 Å². The first-order chi connectivity index (χ1) is 7.77. The minimum Gasteiger partial charge on any atom is -0.383 e. The molecule has 1 aromatic rings. The van der Waals surface area contributed by atoms with Crippen molar-refractivity contribution in [2.45, 2.75) is 40.2 Å². The normalized spacial score (nSPS) is 12.6. The second-order valence-corrected chi connectivity index (χ2v) is 4.95. The van der Waals surface area contributed by atoms with Gasteiger partial charge in [-0.1, -0.05) is 6.08 Å². The molecule has 17 heavy (non-hydrogen) atoms. The van der Waals surface area contributed by atoms with Crippen molar-refractivity contribution in [1.82, 2.24) is 14.9 Å². The Labute approximate surface area is 102 Å². The highest BCUT2D eigenvalue weighted by Gasteiger charge is 2.22. The number of amides is 1. The highest BCUT2D eigenvalue weighted by Crippen LogP contribution is 2.21. The molecule has 1 amide bonds. The van der Waals surface area contributed by atoms with Crippen molar-refractivity contribution in [1.29, 1.82) is 0 Å². The highest BCUT2D eigenvalue weighted by atomic mass is 16.1. The molecule has 0 saturated heterocycles. The number of nitrogen functional groups attached to an aromatic ring is 1. The average Bonchev–Trinajstić information content (AvgIpc) is 2.59. The zero-order chi connectivity index (χ0) is 13.2. The maximum Gasteiger partial charge on any atom is 0.277 e. The van der Waals surface area contributed by atoms with Crippen molar-refractivity contribution >= 4 is 11.7 Å². The van der Waals surface area contributed by atoms with E-state index in [9.17, 15) is 4.79 Å². The van der Waals surface area contributed by atoms with Gasteiger partial charge in [0.05, 0.1) is 6.33 Å². The number of imidazole rings is 1. The third-order valence-electron chi connectivity index (χ3n) is 2.49. The van der Waals surface area contributed by atoms with Crippen LogP contribution in [0.3, 0.4) is 0 Å². The summed E-state index contributed by atoms with van der Waals surface area (Å²) in [6.07, 6.45) is 3.41. The fourth-order valence-electron chi connectivity index (χ4n) is 1.38. The van der Waals surface area contributed by atoms with Gasteiger partial charge in [0.15, 0.2) is 5.69 Å². The van der Waals surface area contributed by atoms with Crippen LogP contribution in [0.1, 0.15) is 45.1 Å². The Bertz CT molecular complexity index is 452. The van der Waals surface area contributed by atoms with Gasteiger partial charge in [0.1, 0.15) is 5.82 Å². The van der Waals surface area contributed by atoms with Gasteiger partial charge in [0.2, 0.25) is 0 Å². The molecule has 0 saturated carbocycles. The summed E-state index contributed by atoms with van der Waals surface area (Å²) in [4.78, 5) is 15.9. The maximum absolute atomic E-state index is 11.9. The van der Waals surface area contributed by atoms with Crippen molar-refractivity contribution in [2.75, 3.05) is 5.73 Å². The molecular weight excluding hydrogens is 216 g/mol. The van der Waals surface area contributed by atoms with Crippen molar-refractivity contribution in [3.63, 3.8) is 0 Å². The van der Waals surface area contributed by atoms with Gasteiger partial charge >= 0.3 is 0 Å². The summed E-state index contributed by atoms with van der Waals surface area (Å²) < 4.78 is 1.78. The van der Waals surface area contributed by atoms with Crippen LogP contribution in [-0.4, -0.2) is 15.5 Å². The summed E-state index contributed by atoms with van der Waals surface area (Å²) in [6, 6.07) is 0. The van der Waals surface area contributed by atoms with Crippen molar-refractivity contribution in [2.24, 2.45) is 0 Å². The SMILES string of the molecule is C/C=C(/C)NC(=O)c1ncn(C(C)(C)C)c1N. The lowest BCUT2D eigenvalue weighted by atomic mass is 10.1. The Morgan fingerprint density at radius 2 is 2.12 bits per heavy atom. The minimum absolute atomic E-state index is 0.189. The van der Waals surface area contributed by atoms with Crippen molar-refractivity contribution < 1.29 is 4.79 Å². The first-order valence-corrected chi connectivity index (χ1v) is 5.55. The number of allylic oxidation sites excluding steroid dienone is 2. The number of nitrogens with zero attached hydrogens (tertiary/aromatic N) is 2. The quantitative estimate of drug-likeness (QED) is 0.823. The summed E-state index contributed by atoms with van der Waals surface area (Å²) in [5.41, 5.74) is 6.78. The van der Waals surface area contributed by atoms with E-state index in [0.29, 0.717) is 5.82 Å². The van der Waals surface area contributed by atoms with Crippen LogP contribution in [0.2, 0.25) is 0 Å². The molecule has 0 aromatic carbocycles. The standard InChI is InChI=1S/C12H20N4O/c1-6-8(2)15-11(17)9-10(13)16(7-14-9)12(3,4)5/h6-7H,13H2,1-5H3,(H,15,17)/b8-6-. The summed E-state index contributed by atoms with van der Waals surface area (Å²) >= 11 is 0. The van der Waals surface area contributed by atoms with Gasteiger partial charge in [-0.25, -0.2) is 4.98 Å². The lowest BCUT2D eigenvalue weighted by Gasteiger charge is -2.22. The van der Waals surface area contributed by atoms with Crippen LogP contribution in [-0.2, 0) is 5.54 Å². The number of aromatic nitrogens is 2. The summed E-state index contributed by atoms with van der Waals surface area (Å²) in [7, 11) is 0. The van der Waals surface area contributed by atoms with Crippen LogP contribution >= 0.6 is 0 Å². The lowest BCUT2D eigenvalue weighted by molar-refractivity contribution is 0.0962. The summed E-state index contributed by atoms with van der Waals surface area (Å²) in [6.45, 7) is 9.68. The lowest BCUT2D eigenvalue weighted by Crippen LogP contribution is -2.25. The molecule has 1 heterocycles. The average molecular weight is 236 g/mol. The maximum atomic E-state index is 11.9. The molecule has 0 bridgehead atoms. The summed E-state index contributed by atoms with van der Waals surface area (Å²) in [5, 5.41) is 2.72. The molecule has 3 N–H and O–H groups in total. The Morgan fingerprint density at radius 3 is 2.53 bits per heavy atom. The molecule has 0 aliphatic rings. The van der Waals surface area contributed by atoms with Gasteiger partial charge in [-0.05, 0) is 34.6 Å². The van der Waals surface area contributed by atoms with Gasteiger partial charge in [-0.2, -0.15) is 0 Å². The second-order valence-electron chi connectivity index (χ2n) is 4.95. The van der Waals surface area contributed by atoms with Crippen molar-refractivity contribution in [3.8, 4) is 0 Å². The number of nitrogens with one attached hydrogen (secondary N) is 1. The topological polar surface area (TPSA) is 72.9 Å². The van der Waals surface area contributed by atoms with Crippen molar-refractivity contribution in [3.05, 3.63) is 23.8 Å². The number of anilines is 1. The van der Waals surface area contributed by atoms with Crippen LogP contribution in [0.25, 0.3) is 0 Å². The van der Waals surface area contributed by atoms with Gasteiger partial charge in [-0.3, -0.25) is 4.79 Å². The number of carbonyl (C=O) groups excluding carboxylic acids is 1. The Kier molecular flexibility index (Phi) is 3.60. The minimum atomic E-state index is -0.277. The first kappa shape index (κ1) is 13.3. The fourth-order valence-corrected chi connectivity index (χ4v) is 1.38. The number of nitrogens with two attached hydrogens (primary N) is 1. The van der Waals surface area contributed by atoms with E-state index in [2.05, 4.69) is 10.3 Å². The fraction of sp³-hybridized carbons (Fsp3) is 0.500. The molecule has 0 radical (unpaired) electrons. The predicted molar refractivity (Wildman–Crippen MR) is 68.5 cm³/mol. The van der Waals surface area contributed by atoms with Gasteiger partial charge in [-0.15, -0.1) is 0 Å². The van der Waals surface area contributed by atoms with E-state index in [-0.39, 0.29) is 17.1 Å². The largest absolute Gasteiger partial charge is 0.383 e. The molecule has 1 aromatic heterocycles. The molecule has 0 unspecified atom stereocenters. The first-order valence-electron chi connectivity index (χ1n) is 5.55. The number of rotatable bonds is 2. The zero-order valence-corrected chi connectivity index (χ0v) is 11.0. The van der Waals surface area contributed by atoms with Gasteiger partial charge in [0.25, 0.3) is 5.91 Å². The smallest absolute Gasteiger partial charge is 0.277 e. The van der Waals surface area contributed by atoms with Crippen LogP contribution < -0.4 is 11.1 Å². The third kappa shape index (κ3) is 2.87. The molecule has 1 rings (SSSR count). The van der Waals surface area contributed by atoms with E-state index < -0.39 is 0 Å². The van der Waals surface area contributed by atoms with Gasteiger partial charge in [0, 0.05) is 11.2 Å². The molecule has 0 aliphatic carbocycles. The van der Waals surface area contributed by atoms with Gasteiger partial charge < -0.3 is 15.6 Å². The molecule has 0 spiro atoms. The molecule has 0 fully saturated rings. The Balaban J connectivity index is 3.02. The molecule has 5 heteroatoms. The monoisotopic (exact) mass is 236 g/mol. The molecular formula is C12H20N4O. The zero-order valence-electron chi connectivity index (χ0n) is 11.0. The third-order valence-corrected chi connectivity index (χ3v) is 2.49. The summed E-state index contributed by atoms with van der Waals surface area (Å²) in [5.74, 6) is 0.111. The Hall–Kier alpha value is -1.78. The van der Waals surface area contributed by atoms with Crippen LogP contribution in [0.5, 0.6) is 0 Å². The van der Waals surface area contributed by atoms with Crippen LogP contribution in [0.15, 0.2) is 18.1 Å². The van der Waals surface area contributed by atoms with Crippen LogP contribution in [0, 0.1) is 0 Å². The van der Waals surface area contributed by atoms with E-state index in [1.165, 1.54) is 0 Å². The molecule has 94 valence electrons. The van der Waals surface area contributed by atoms with E-state index in [1.807, 2.05) is 40.7 Å². The molecule has 5 nitrogen and oxygen atoms in total. The van der Waals surface area contributed by atoms with Crippen LogP contribution in [0.4, 0.5) is 5.82 Å². The molecule has 0 atom stereocenters. The van der Waals surface area contributed by atoms with E-state index in [0.717, 1.165) is 5.70 Å². The number of hydrogen-bond donors (Lipinski definition) is 2. The number of carbonyl (C=O) groups is 1. The second kappa shape index (κ2) is 4.61. The predicted octanol–water partition coefficient (Wildman–Crippen LogP) is 1.87. The number of hydrogen-bond acceptors (Lipinski definition) is 3. The highest BCUT2D eigenvalue weighted by molar-refractivity contribution is 5.97. The van der Waals surface area contributed by atoms with E-state index in [4.69, 9.17) is 5.73 Å². The molecule has 0 aliphatic heterocycles.